The normalized spacial score (nSPS) is 16.6. The van der Waals surface area contributed by atoms with Crippen LogP contribution in [0.2, 0.25) is 0 Å². The molecular weight excluding hydrogens is 527 g/mol. The molecule has 2 saturated heterocycles. The summed E-state index contributed by atoms with van der Waals surface area (Å²) in [6, 6.07) is 12.6. The molecule has 210 valence electrons. The number of fused-ring (bicyclic) bond motifs is 3. The van der Waals surface area contributed by atoms with E-state index >= 15 is 4.39 Å². The Balaban J connectivity index is 1.36. The van der Waals surface area contributed by atoms with Crippen LogP contribution in [0.1, 0.15) is 29.6 Å². The lowest BCUT2D eigenvalue weighted by Gasteiger charge is -2.27. The van der Waals surface area contributed by atoms with Crippen LogP contribution in [0.15, 0.2) is 53.5 Å². The van der Waals surface area contributed by atoms with Gasteiger partial charge in [-0.2, -0.15) is 0 Å². The Hall–Kier alpha value is -4.28. The molecular formula is C31H29FN4O5. The summed E-state index contributed by atoms with van der Waals surface area (Å²) in [4.78, 5) is 43.9. The van der Waals surface area contributed by atoms with Crippen molar-refractivity contribution in [1.29, 1.82) is 0 Å². The van der Waals surface area contributed by atoms with Crippen LogP contribution >= 0.6 is 0 Å². The number of rotatable bonds is 5. The zero-order chi connectivity index (χ0) is 28.1. The standard InChI is InChI=1S/C31H29FN4O5/c32-23-17-21-28-30(27(23)33-26(37)7-10-34-11-13-40-14-12-34)41-25-16-20-6-2-1-5-19(20)15-24(25)36(28)18-22(29(21)38)31(39)35-8-3-4-9-35/h1-2,5-6,15-18H,3-4,7-14H2,(H,33,37). The maximum Gasteiger partial charge on any atom is 0.259 e. The van der Waals surface area contributed by atoms with Crippen LogP contribution in [0.3, 0.4) is 0 Å². The number of halogens is 1. The number of nitrogens with one attached hydrogen (secondary N) is 1. The minimum absolute atomic E-state index is 0.0203. The summed E-state index contributed by atoms with van der Waals surface area (Å²) in [6.45, 7) is 4.38. The maximum atomic E-state index is 15.8. The lowest BCUT2D eigenvalue weighted by molar-refractivity contribution is -0.116. The van der Waals surface area contributed by atoms with Gasteiger partial charge in [0.25, 0.3) is 5.91 Å². The summed E-state index contributed by atoms with van der Waals surface area (Å²) in [5.74, 6) is -1.07. The smallest absolute Gasteiger partial charge is 0.259 e. The van der Waals surface area contributed by atoms with E-state index in [4.69, 9.17) is 9.47 Å². The molecule has 9 nitrogen and oxygen atoms in total. The highest BCUT2D eigenvalue weighted by atomic mass is 19.1. The molecule has 4 heterocycles. The molecule has 0 atom stereocenters. The molecule has 3 aromatic carbocycles. The molecule has 10 heteroatoms. The molecule has 1 N–H and O–H groups in total. The van der Waals surface area contributed by atoms with Crippen molar-refractivity contribution in [3.05, 3.63) is 70.3 Å². The van der Waals surface area contributed by atoms with Gasteiger partial charge in [0.2, 0.25) is 11.3 Å². The fourth-order valence-corrected chi connectivity index (χ4v) is 5.95. The van der Waals surface area contributed by atoms with E-state index in [0.29, 0.717) is 49.8 Å². The number of amides is 2. The molecule has 1 aromatic heterocycles. The van der Waals surface area contributed by atoms with E-state index in [9.17, 15) is 14.4 Å². The molecule has 0 saturated carbocycles. The summed E-state index contributed by atoms with van der Waals surface area (Å²) in [5.41, 5.74) is 0.211. The zero-order valence-corrected chi connectivity index (χ0v) is 22.5. The number of carbonyl (C=O) groups excluding carboxylic acids is 2. The number of nitrogens with zero attached hydrogens (tertiary/aromatic N) is 3. The quantitative estimate of drug-likeness (QED) is 0.347. The molecule has 0 bridgehead atoms. The molecule has 2 fully saturated rings. The van der Waals surface area contributed by atoms with Crippen LogP contribution in [0.5, 0.6) is 11.5 Å². The Bertz CT molecular complexity index is 1770. The summed E-state index contributed by atoms with van der Waals surface area (Å²) in [5, 5.41) is 4.58. The largest absolute Gasteiger partial charge is 0.451 e. The molecule has 7 rings (SSSR count). The van der Waals surface area contributed by atoms with E-state index in [1.165, 1.54) is 6.20 Å². The SMILES string of the molecule is O=C(CCN1CCOCC1)Nc1c(F)cc2c(=O)c(C(=O)N3CCCC3)cn3c2c1Oc1cc2ccccc2cc1-3. The Morgan fingerprint density at radius 2 is 1.71 bits per heavy atom. The first-order valence-corrected chi connectivity index (χ1v) is 14.0. The fraction of sp³-hybridized carbons (Fsp3) is 0.323. The third kappa shape index (κ3) is 4.53. The number of pyridine rings is 1. The summed E-state index contributed by atoms with van der Waals surface area (Å²) < 4.78 is 29.1. The van der Waals surface area contributed by atoms with Gasteiger partial charge in [-0.25, -0.2) is 4.39 Å². The fourth-order valence-electron chi connectivity index (χ4n) is 5.95. The van der Waals surface area contributed by atoms with Crippen molar-refractivity contribution in [3.8, 4) is 17.2 Å². The number of carbonyl (C=O) groups is 2. The van der Waals surface area contributed by atoms with Crippen molar-refractivity contribution < 1.29 is 23.5 Å². The summed E-state index contributed by atoms with van der Waals surface area (Å²) in [6.07, 6.45) is 3.45. The van der Waals surface area contributed by atoms with E-state index in [2.05, 4.69) is 10.2 Å². The van der Waals surface area contributed by atoms with Gasteiger partial charge in [-0.1, -0.05) is 24.3 Å². The van der Waals surface area contributed by atoms with Gasteiger partial charge in [-0.15, -0.1) is 0 Å². The van der Waals surface area contributed by atoms with Gasteiger partial charge in [0, 0.05) is 45.3 Å². The highest BCUT2D eigenvalue weighted by Gasteiger charge is 2.31. The van der Waals surface area contributed by atoms with Crippen LogP contribution in [0.25, 0.3) is 27.4 Å². The Kier molecular flexibility index (Phi) is 6.44. The topological polar surface area (TPSA) is 93.1 Å². The van der Waals surface area contributed by atoms with Crippen molar-refractivity contribution in [2.45, 2.75) is 19.3 Å². The van der Waals surface area contributed by atoms with Crippen LogP contribution < -0.4 is 15.5 Å². The van der Waals surface area contributed by atoms with E-state index < -0.39 is 11.2 Å². The highest BCUT2D eigenvalue weighted by Crippen LogP contribution is 2.46. The summed E-state index contributed by atoms with van der Waals surface area (Å²) in [7, 11) is 0. The van der Waals surface area contributed by atoms with E-state index in [1.807, 2.05) is 36.4 Å². The first-order chi connectivity index (χ1) is 20.0. The van der Waals surface area contributed by atoms with Gasteiger partial charge in [0.05, 0.1) is 24.3 Å². The van der Waals surface area contributed by atoms with Crippen LogP contribution in [-0.4, -0.2) is 72.1 Å². The number of anilines is 1. The van der Waals surface area contributed by atoms with Crippen molar-refractivity contribution in [2.75, 3.05) is 51.3 Å². The van der Waals surface area contributed by atoms with Crippen molar-refractivity contribution in [2.24, 2.45) is 0 Å². The van der Waals surface area contributed by atoms with Gasteiger partial charge >= 0.3 is 0 Å². The first-order valence-electron chi connectivity index (χ1n) is 14.0. The molecule has 0 aliphatic carbocycles. The zero-order valence-electron chi connectivity index (χ0n) is 22.5. The third-order valence-corrected chi connectivity index (χ3v) is 8.14. The van der Waals surface area contributed by atoms with E-state index in [1.54, 1.807) is 9.47 Å². The molecule has 0 unspecified atom stereocenters. The van der Waals surface area contributed by atoms with Gasteiger partial charge in [-0.05, 0) is 41.8 Å². The molecule has 3 aliphatic rings. The second-order valence-corrected chi connectivity index (χ2v) is 10.7. The molecule has 41 heavy (non-hydrogen) atoms. The number of hydrogen-bond acceptors (Lipinski definition) is 6. The number of likely N-dealkylation sites (tertiary alicyclic amines) is 1. The second-order valence-electron chi connectivity index (χ2n) is 10.7. The average molecular weight is 557 g/mol. The molecule has 4 aromatic rings. The monoisotopic (exact) mass is 556 g/mol. The number of benzene rings is 3. The second kappa shape index (κ2) is 10.3. The Morgan fingerprint density at radius 1 is 0.976 bits per heavy atom. The minimum Gasteiger partial charge on any atom is -0.451 e. The number of hydrogen-bond donors (Lipinski definition) is 1. The number of aromatic nitrogens is 1. The minimum atomic E-state index is -0.800. The van der Waals surface area contributed by atoms with Gasteiger partial charge < -0.3 is 24.3 Å². The first kappa shape index (κ1) is 25.7. The molecule has 3 aliphatic heterocycles. The van der Waals surface area contributed by atoms with Crippen molar-refractivity contribution in [1.82, 2.24) is 14.4 Å². The van der Waals surface area contributed by atoms with Crippen LogP contribution in [0, 0.1) is 5.82 Å². The van der Waals surface area contributed by atoms with Crippen LogP contribution in [0.4, 0.5) is 10.1 Å². The molecule has 0 radical (unpaired) electrons. The average Bonchev–Trinajstić information content (AvgIpc) is 3.54. The lowest BCUT2D eigenvalue weighted by Crippen LogP contribution is -2.38. The van der Waals surface area contributed by atoms with Crippen molar-refractivity contribution in [3.63, 3.8) is 0 Å². The van der Waals surface area contributed by atoms with E-state index in [0.717, 1.165) is 42.8 Å². The third-order valence-electron chi connectivity index (χ3n) is 8.14. The van der Waals surface area contributed by atoms with Gasteiger partial charge in [0.1, 0.15) is 16.8 Å². The Labute approximate surface area is 235 Å². The summed E-state index contributed by atoms with van der Waals surface area (Å²) >= 11 is 0. The van der Waals surface area contributed by atoms with Crippen LogP contribution in [-0.2, 0) is 9.53 Å². The lowest BCUT2D eigenvalue weighted by atomic mass is 10.0. The van der Waals surface area contributed by atoms with Gasteiger partial charge in [-0.3, -0.25) is 19.3 Å². The highest BCUT2D eigenvalue weighted by molar-refractivity contribution is 6.04. The predicted molar refractivity (Wildman–Crippen MR) is 153 cm³/mol. The predicted octanol–water partition coefficient (Wildman–Crippen LogP) is 4.29. The van der Waals surface area contributed by atoms with Crippen molar-refractivity contribution >= 4 is 39.2 Å². The number of morpholine rings is 1. The Morgan fingerprint density at radius 3 is 2.46 bits per heavy atom. The van der Waals surface area contributed by atoms with Gasteiger partial charge in [0.15, 0.2) is 17.3 Å². The molecule has 0 spiro atoms. The number of ether oxygens (including phenoxy) is 2. The maximum absolute atomic E-state index is 15.8. The van der Waals surface area contributed by atoms with E-state index in [-0.39, 0.29) is 40.6 Å². The molecule has 2 amide bonds.